The third-order valence-corrected chi connectivity index (χ3v) is 15.0. The first-order valence-corrected chi connectivity index (χ1v) is 25.5. The molecule has 4 fully saturated rings. The van der Waals surface area contributed by atoms with Crippen molar-refractivity contribution in [1.82, 2.24) is 10.6 Å². The van der Waals surface area contributed by atoms with Gasteiger partial charge in [0.2, 0.25) is 6.10 Å². The minimum atomic E-state index is -2.44. The van der Waals surface area contributed by atoms with E-state index in [0.717, 1.165) is 5.56 Å². The molecule has 1 saturated carbocycles. The Hall–Kier alpha value is -6.75. The van der Waals surface area contributed by atoms with Crippen molar-refractivity contribution >= 4 is 41.8 Å². The predicted molar refractivity (Wildman–Crippen MR) is 267 cm³/mol. The number of aliphatic hydroxyl groups is 2. The lowest BCUT2D eigenvalue weighted by atomic mass is 9.45. The Labute approximate surface area is 445 Å². The van der Waals surface area contributed by atoms with Crippen molar-refractivity contribution < 1.29 is 91.1 Å². The molecule has 21 heteroatoms. The van der Waals surface area contributed by atoms with E-state index in [0.29, 0.717) is 0 Å². The van der Waals surface area contributed by atoms with E-state index >= 15 is 9.59 Å². The molecule has 21 nitrogen and oxygen atoms in total. The second kappa shape index (κ2) is 22.7. The fraction of sp³-hybridized carbons (Fsp3) is 0.518. The zero-order valence-electron chi connectivity index (χ0n) is 44.0. The summed E-state index contributed by atoms with van der Waals surface area (Å²) in [6.07, 6.45) is -11.6. The molecule has 77 heavy (non-hydrogen) atoms. The van der Waals surface area contributed by atoms with E-state index < -0.39 is 131 Å². The molecule has 3 heterocycles. The van der Waals surface area contributed by atoms with Gasteiger partial charge in [0.05, 0.1) is 49.4 Å². The topological polar surface area (TPSA) is 276 Å². The van der Waals surface area contributed by atoms with Gasteiger partial charge in [0, 0.05) is 31.9 Å². The molecule has 2 aliphatic carbocycles. The van der Waals surface area contributed by atoms with E-state index in [1.165, 1.54) is 32.9 Å². The molecule has 2 unspecified atom stereocenters. The van der Waals surface area contributed by atoms with E-state index in [9.17, 15) is 34.2 Å². The Morgan fingerprint density at radius 3 is 2.14 bits per heavy atom. The van der Waals surface area contributed by atoms with Gasteiger partial charge in [-0.25, -0.2) is 24.0 Å². The fourth-order valence-electron chi connectivity index (χ4n) is 11.3. The normalized spacial score (nSPS) is 29.6. The van der Waals surface area contributed by atoms with E-state index in [1.54, 1.807) is 76.2 Å². The Bertz CT molecular complexity index is 2720. The van der Waals surface area contributed by atoms with Gasteiger partial charge in [0.1, 0.15) is 60.5 Å². The Morgan fingerprint density at radius 2 is 1.51 bits per heavy atom. The molecule has 3 aliphatic heterocycles. The monoisotopic (exact) mass is 1070 g/mol. The Morgan fingerprint density at radius 1 is 0.857 bits per heavy atom. The Balaban J connectivity index is 1.07. The number of hydrogen-bond acceptors (Lipinski definition) is 19. The van der Waals surface area contributed by atoms with Crippen molar-refractivity contribution in [2.75, 3.05) is 39.6 Å². The third kappa shape index (κ3) is 11.3. The standard InChI is InChI=1S/C56H66N2O19/c1-32-37(28-56(67)47(74-48(63)36-21-15-10-16-22-36)45-53(6,46(62)43-41(32)54(56,7)76-43)38(60)27-39-55(45,31-71-39)75-33(2)59)72-49(64)44(42(35-19-13-9-14-20-35)58-51(66)77-52(3,4)5)73-40(61)30-69-26-25-68-24-23-57-50(65)70-29-34-17-11-8-12-18-34/h8-22,37-39,42-45,47,60,67H,23-31H2,1-7H3,(H,57,65)(H,58,66)/t37-,38-,39?,42-,43+,44+,45-,47-,53+,54?,55-,56+/m0/s1. The van der Waals surface area contributed by atoms with Crippen LogP contribution in [0.2, 0.25) is 0 Å². The molecular formula is C56H66N2O19. The van der Waals surface area contributed by atoms with Crippen LogP contribution in [-0.4, -0.2) is 151 Å². The van der Waals surface area contributed by atoms with Gasteiger partial charge in [0.25, 0.3) is 0 Å². The van der Waals surface area contributed by atoms with Crippen LogP contribution in [0, 0.1) is 11.3 Å². The summed E-state index contributed by atoms with van der Waals surface area (Å²) in [6, 6.07) is 23.6. The number of ketones is 1. The maximum absolute atomic E-state index is 15.3. The molecule has 12 atom stereocenters. The number of carbonyl (C=O) groups excluding carboxylic acids is 7. The maximum atomic E-state index is 15.3. The molecule has 2 bridgehead atoms. The molecule has 3 aromatic rings. The van der Waals surface area contributed by atoms with Crippen LogP contribution < -0.4 is 10.6 Å². The van der Waals surface area contributed by atoms with Crippen LogP contribution in [-0.2, 0) is 73.2 Å². The molecule has 0 aromatic heterocycles. The van der Waals surface area contributed by atoms with Gasteiger partial charge in [-0.15, -0.1) is 0 Å². The number of esters is 4. The number of ether oxygens (including phenoxy) is 10. The molecule has 3 saturated heterocycles. The number of Topliss-reactive ketones (excluding diaryl/α,β-unsaturated/α-hetero) is 1. The van der Waals surface area contributed by atoms with E-state index in [-0.39, 0.29) is 68.3 Å². The van der Waals surface area contributed by atoms with Crippen LogP contribution in [0.3, 0.4) is 0 Å². The summed E-state index contributed by atoms with van der Waals surface area (Å²) in [5, 5.41) is 31.0. The quantitative estimate of drug-likeness (QED) is 0.0555. The molecule has 5 aliphatic rings. The van der Waals surface area contributed by atoms with Gasteiger partial charge in [-0.2, -0.15) is 0 Å². The molecule has 3 aromatic carbocycles. The third-order valence-electron chi connectivity index (χ3n) is 15.0. The number of carbonyl (C=O) groups is 7. The molecule has 0 spiro atoms. The summed E-state index contributed by atoms with van der Waals surface area (Å²) >= 11 is 0. The predicted octanol–water partition coefficient (Wildman–Crippen LogP) is 4.54. The van der Waals surface area contributed by atoms with Crippen molar-refractivity contribution in [3.8, 4) is 0 Å². The van der Waals surface area contributed by atoms with Crippen LogP contribution in [0.15, 0.2) is 102 Å². The van der Waals surface area contributed by atoms with Gasteiger partial charge in [-0.3, -0.25) is 9.59 Å². The minimum Gasteiger partial charge on any atom is -0.455 e. The SMILES string of the molecule is CC(=O)O[C@@]12COC1C[C@H](O)[C@@]1(C)C(=O)[C@@H]3OC4(C)C3=C(C)[C@@H](OC(=O)[C@H](OC(=O)COCCOCCNC(=O)OCc3ccccc3)[C@@H](NC(=O)OC(C)(C)C)c3ccccc3)C[C@@]4(O)[C@@H](OC(=O)c3ccccc3)[C@@H]12. The number of amides is 2. The summed E-state index contributed by atoms with van der Waals surface area (Å²) in [5.41, 5.74) is -7.27. The van der Waals surface area contributed by atoms with Gasteiger partial charge in [-0.05, 0) is 70.4 Å². The lowest BCUT2D eigenvalue weighted by Crippen LogP contribution is -2.86. The number of alkyl carbamates (subject to hydrolysis) is 2. The largest absolute Gasteiger partial charge is 0.455 e. The van der Waals surface area contributed by atoms with Crippen LogP contribution in [0.4, 0.5) is 9.59 Å². The first-order chi connectivity index (χ1) is 36.5. The highest BCUT2D eigenvalue weighted by Gasteiger charge is 2.82. The van der Waals surface area contributed by atoms with Gasteiger partial charge in [-0.1, -0.05) is 78.9 Å². The van der Waals surface area contributed by atoms with E-state index in [1.807, 2.05) is 30.3 Å². The smallest absolute Gasteiger partial charge is 0.408 e. The first-order valence-electron chi connectivity index (χ1n) is 25.5. The zero-order valence-corrected chi connectivity index (χ0v) is 44.0. The Kier molecular flexibility index (Phi) is 16.6. The molecule has 4 N–H and O–H groups in total. The minimum absolute atomic E-state index is 0.00665. The molecule has 8 rings (SSSR count). The summed E-state index contributed by atoms with van der Waals surface area (Å²) in [5.74, 6) is -6.14. The highest BCUT2D eigenvalue weighted by atomic mass is 16.6. The van der Waals surface area contributed by atoms with Crippen molar-refractivity contribution in [3.05, 3.63) is 119 Å². The van der Waals surface area contributed by atoms with Gasteiger partial charge >= 0.3 is 36.1 Å². The second-order valence-electron chi connectivity index (χ2n) is 21.2. The lowest BCUT2D eigenvalue weighted by Gasteiger charge is -2.70. The number of fused-ring (bicyclic) bond motifs is 5. The number of aliphatic hydroxyl groups excluding tert-OH is 1. The summed E-state index contributed by atoms with van der Waals surface area (Å²) in [6.45, 7) is 9.81. The first kappa shape index (κ1) is 56.5. The summed E-state index contributed by atoms with van der Waals surface area (Å²) in [7, 11) is 0. The van der Waals surface area contributed by atoms with Crippen molar-refractivity contribution in [3.63, 3.8) is 0 Å². The maximum Gasteiger partial charge on any atom is 0.408 e. The van der Waals surface area contributed by atoms with Crippen LogP contribution >= 0.6 is 0 Å². The fourth-order valence-corrected chi connectivity index (χ4v) is 11.3. The number of benzene rings is 3. The van der Waals surface area contributed by atoms with E-state index in [4.69, 9.17) is 47.4 Å². The average Bonchev–Trinajstić information content (AvgIpc) is 3.56. The summed E-state index contributed by atoms with van der Waals surface area (Å²) < 4.78 is 58.8. The van der Waals surface area contributed by atoms with Crippen LogP contribution in [0.5, 0.6) is 0 Å². The highest BCUT2D eigenvalue weighted by molar-refractivity contribution is 5.96. The second-order valence-corrected chi connectivity index (χ2v) is 21.2. The van der Waals surface area contributed by atoms with Crippen molar-refractivity contribution in [1.29, 1.82) is 0 Å². The number of hydrogen-bond donors (Lipinski definition) is 4. The van der Waals surface area contributed by atoms with Crippen molar-refractivity contribution in [2.45, 2.75) is 133 Å². The molecule has 414 valence electrons. The average molecular weight is 1070 g/mol. The van der Waals surface area contributed by atoms with E-state index in [2.05, 4.69) is 10.6 Å². The number of rotatable bonds is 19. The zero-order chi connectivity index (χ0) is 55.5. The molecule has 0 radical (unpaired) electrons. The molecule has 2 amide bonds. The molecular weight excluding hydrogens is 1000 g/mol. The van der Waals surface area contributed by atoms with Crippen LogP contribution in [0.25, 0.3) is 0 Å². The van der Waals surface area contributed by atoms with Crippen molar-refractivity contribution in [2.24, 2.45) is 11.3 Å². The highest BCUT2D eigenvalue weighted by Crippen LogP contribution is 2.66. The van der Waals surface area contributed by atoms with Crippen LogP contribution in [0.1, 0.15) is 88.8 Å². The lowest BCUT2D eigenvalue weighted by molar-refractivity contribution is -0.364. The summed E-state index contributed by atoms with van der Waals surface area (Å²) in [4.78, 5) is 97.2. The van der Waals surface area contributed by atoms with Gasteiger partial charge in [0.15, 0.2) is 11.4 Å². The number of nitrogens with one attached hydrogen (secondary N) is 2. The van der Waals surface area contributed by atoms with Gasteiger partial charge < -0.3 is 68.2 Å².